The molecule has 2 amide bonds. The molecule has 0 saturated heterocycles. The zero-order valence-electron chi connectivity index (χ0n) is 12.6. The Morgan fingerprint density at radius 1 is 1.22 bits per heavy atom. The maximum absolute atomic E-state index is 12.0. The van der Waals surface area contributed by atoms with Crippen molar-refractivity contribution in [2.45, 2.75) is 13.0 Å². The second-order valence-electron chi connectivity index (χ2n) is 5.16. The number of nitrogens with one attached hydrogen (secondary N) is 2. The van der Waals surface area contributed by atoms with Crippen molar-refractivity contribution in [1.29, 1.82) is 0 Å². The Bertz CT molecular complexity index is 830. The third-order valence-corrected chi connectivity index (χ3v) is 3.54. The number of aliphatic hydroxyl groups excluding tert-OH is 1. The lowest BCUT2D eigenvalue weighted by Crippen LogP contribution is -2.33. The minimum absolute atomic E-state index is 0.105. The summed E-state index contributed by atoms with van der Waals surface area (Å²) < 4.78 is 1.66. The number of hydrogen-bond acceptors (Lipinski definition) is 4. The second-order valence-corrected chi connectivity index (χ2v) is 5.16. The first-order chi connectivity index (χ1) is 11.1. The van der Waals surface area contributed by atoms with Crippen LogP contribution in [-0.4, -0.2) is 32.3 Å². The van der Waals surface area contributed by atoms with E-state index in [1.165, 1.54) is 0 Å². The van der Waals surface area contributed by atoms with Crippen molar-refractivity contribution in [2.24, 2.45) is 0 Å². The van der Waals surface area contributed by atoms with Crippen molar-refractivity contribution in [1.82, 2.24) is 19.9 Å². The van der Waals surface area contributed by atoms with Gasteiger partial charge in [-0.2, -0.15) is 0 Å². The SMILES string of the molecule is Cc1ccccc1C(O)CNC(=O)Nc1nnc2ccccn12. The predicted octanol–water partition coefficient (Wildman–Crippen LogP) is 1.89. The molecule has 3 N–H and O–H groups in total. The van der Waals surface area contributed by atoms with Crippen molar-refractivity contribution in [2.75, 3.05) is 11.9 Å². The molecule has 3 rings (SSSR count). The van der Waals surface area contributed by atoms with Gasteiger partial charge in [-0.05, 0) is 30.2 Å². The van der Waals surface area contributed by atoms with Crippen molar-refractivity contribution in [3.05, 3.63) is 59.8 Å². The Hall–Kier alpha value is -2.93. The van der Waals surface area contributed by atoms with Crippen LogP contribution < -0.4 is 10.6 Å². The Morgan fingerprint density at radius 3 is 2.83 bits per heavy atom. The molecule has 0 aliphatic carbocycles. The van der Waals surface area contributed by atoms with Gasteiger partial charge in [0, 0.05) is 12.7 Å². The number of aryl methyl sites for hydroxylation is 1. The summed E-state index contributed by atoms with van der Waals surface area (Å²) in [6.45, 7) is 2.02. The van der Waals surface area contributed by atoms with E-state index in [9.17, 15) is 9.90 Å². The number of carbonyl (C=O) groups excluding carboxylic acids is 1. The molecule has 23 heavy (non-hydrogen) atoms. The number of benzene rings is 1. The lowest BCUT2D eigenvalue weighted by Gasteiger charge is -2.14. The Morgan fingerprint density at radius 2 is 2.00 bits per heavy atom. The molecule has 2 aromatic heterocycles. The number of amides is 2. The summed E-state index contributed by atoms with van der Waals surface area (Å²) in [5, 5.41) is 23.3. The quantitative estimate of drug-likeness (QED) is 0.686. The van der Waals surface area contributed by atoms with E-state index < -0.39 is 12.1 Å². The largest absolute Gasteiger partial charge is 0.387 e. The average Bonchev–Trinajstić information content (AvgIpc) is 2.96. The minimum Gasteiger partial charge on any atom is -0.387 e. The van der Waals surface area contributed by atoms with E-state index in [2.05, 4.69) is 20.8 Å². The number of rotatable bonds is 4. The summed E-state index contributed by atoms with van der Waals surface area (Å²) in [4.78, 5) is 12.0. The van der Waals surface area contributed by atoms with Crippen LogP contribution in [0.3, 0.4) is 0 Å². The molecule has 0 radical (unpaired) electrons. The number of fused-ring (bicyclic) bond motifs is 1. The average molecular weight is 311 g/mol. The van der Waals surface area contributed by atoms with E-state index >= 15 is 0 Å². The van der Waals surface area contributed by atoms with Gasteiger partial charge >= 0.3 is 6.03 Å². The van der Waals surface area contributed by atoms with Gasteiger partial charge in [-0.3, -0.25) is 9.72 Å². The Balaban J connectivity index is 1.61. The topological polar surface area (TPSA) is 91.5 Å². The fraction of sp³-hybridized carbons (Fsp3) is 0.188. The van der Waals surface area contributed by atoms with Crippen molar-refractivity contribution in [3.63, 3.8) is 0 Å². The molecule has 0 aliphatic heterocycles. The maximum Gasteiger partial charge on any atom is 0.321 e. The summed E-state index contributed by atoms with van der Waals surface area (Å²) in [6, 6.07) is 12.5. The summed E-state index contributed by atoms with van der Waals surface area (Å²) in [5.74, 6) is 0.323. The van der Waals surface area contributed by atoms with Crippen LogP contribution >= 0.6 is 0 Å². The molecule has 1 aromatic carbocycles. The third kappa shape index (κ3) is 3.29. The smallest absolute Gasteiger partial charge is 0.321 e. The highest BCUT2D eigenvalue weighted by Gasteiger charge is 2.13. The van der Waals surface area contributed by atoms with Crippen molar-refractivity contribution < 1.29 is 9.90 Å². The first-order valence-electron chi connectivity index (χ1n) is 7.23. The van der Waals surface area contributed by atoms with Gasteiger partial charge in [-0.25, -0.2) is 4.79 Å². The molecule has 3 aromatic rings. The number of carbonyl (C=O) groups is 1. The van der Waals surface area contributed by atoms with Gasteiger partial charge in [0.2, 0.25) is 5.95 Å². The molecule has 0 bridgehead atoms. The summed E-state index contributed by atoms with van der Waals surface area (Å²) in [6.07, 6.45) is 0.990. The maximum atomic E-state index is 12.0. The number of nitrogens with zero attached hydrogens (tertiary/aromatic N) is 3. The molecule has 0 fully saturated rings. The standard InChI is InChI=1S/C16H17N5O2/c1-11-6-2-3-7-12(11)13(22)10-17-16(23)18-15-20-19-14-8-4-5-9-21(14)15/h2-9,13,22H,10H2,1H3,(H2,17,18,20,23). The van der Waals surface area contributed by atoms with E-state index in [4.69, 9.17) is 0 Å². The van der Waals surface area contributed by atoms with Crippen molar-refractivity contribution >= 4 is 17.6 Å². The molecular weight excluding hydrogens is 294 g/mol. The van der Waals surface area contributed by atoms with Crippen molar-refractivity contribution in [3.8, 4) is 0 Å². The van der Waals surface area contributed by atoms with Crippen LogP contribution in [0, 0.1) is 6.92 Å². The zero-order valence-corrected chi connectivity index (χ0v) is 12.6. The Labute approximate surface area is 133 Å². The molecule has 1 unspecified atom stereocenters. The second kappa shape index (κ2) is 6.45. The highest BCUT2D eigenvalue weighted by Crippen LogP contribution is 2.16. The fourth-order valence-corrected chi connectivity index (χ4v) is 2.33. The fourth-order valence-electron chi connectivity index (χ4n) is 2.33. The van der Waals surface area contributed by atoms with E-state index in [0.717, 1.165) is 11.1 Å². The number of pyridine rings is 1. The molecule has 7 nitrogen and oxygen atoms in total. The van der Waals surface area contributed by atoms with Crippen LogP contribution in [0.5, 0.6) is 0 Å². The Kier molecular flexibility index (Phi) is 4.20. The first kappa shape index (κ1) is 15.0. The highest BCUT2D eigenvalue weighted by atomic mass is 16.3. The molecule has 0 saturated carbocycles. The molecule has 0 aliphatic rings. The van der Waals surface area contributed by atoms with Gasteiger partial charge in [-0.15, -0.1) is 10.2 Å². The third-order valence-electron chi connectivity index (χ3n) is 3.54. The van der Waals surface area contributed by atoms with E-state index in [1.54, 1.807) is 16.7 Å². The van der Waals surface area contributed by atoms with Gasteiger partial charge in [0.25, 0.3) is 0 Å². The van der Waals surface area contributed by atoms with Crippen LogP contribution in [0.2, 0.25) is 0 Å². The lowest BCUT2D eigenvalue weighted by atomic mass is 10.0. The van der Waals surface area contributed by atoms with E-state index in [-0.39, 0.29) is 6.54 Å². The monoisotopic (exact) mass is 311 g/mol. The summed E-state index contributed by atoms with van der Waals surface area (Å²) in [5.41, 5.74) is 2.41. The first-order valence-corrected chi connectivity index (χ1v) is 7.23. The number of aromatic nitrogens is 3. The predicted molar refractivity (Wildman–Crippen MR) is 86.1 cm³/mol. The van der Waals surface area contributed by atoms with Gasteiger partial charge in [0.1, 0.15) is 0 Å². The molecule has 2 heterocycles. The normalized spacial score (nSPS) is 12.1. The number of aliphatic hydroxyl groups is 1. The van der Waals surface area contributed by atoms with E-state index in [1.807, 2.05) is 43.3 Å². The minimum atomic E-state index is -0.767. The van der Waals surface area contributed by atoms with Crippen LogP contribution in [0.15, 0.2) is 48.7 Å². The molecule has 1 atom stereocenters. The van der Waals surface area contributed by atoms with Gasteiger partial charge in [0.15, 0.2) is 5.65 Å². The molecule has 118 valence electrons. The molecule has 0 spiro atoms. The van der Waals surface area contributed by atoms with Crippen LogP contribution in [0.4, 0.5) is 10.7 Å². The molecule has 7 heteroatoms. The molecular formula is C16H17N5O2. The van der Waals surface area contributed by atoms with Gasteiger partial charge < -0.3 is 10.4 Å². The van der Waals surface area contributed by atoms with E-state index in [0.29, 0.717) is 11.6 Å². The number of urea groups is 1. The van der Waals surface area contributed by atoms with Crippen LogP contribution in [-0.2, 0) is 0 Å². The summed E-state index contributed by atoms with van der Waals surface area (Å²) >= 11 is 0. The van der Waals surface area contributed by atoms with Crippen LogP contribution in [0.1, 0.15) is 17.2 Å². The lowest BCUT2D eigenvalue weighted by molar-refractivity contribution is 0.174. The number of anilines is 1. The number of hydrogen-bond donors (Lipinski definition) is 3. The van der Waals surface area contributed by atoms with Crippen LogP contribution in [0.25, 0.3) is 5.65 Å². The summed E-state index contributed by atoms with van der Waals surface area (Å²) in [7, 11) is 0. The van der Waals surface area contributed by atoms with Gasteiger partial charge in [0.05, 0.1) is 6.10 Å². The highest BCUT2D eigenvalue weighted by molar-refractivity contribution is 5.87. The zero-order chi connectivity index (χ0) is 16.2. The van der Waals surface area contributed by atoms with Gasteiger partial charge in [-0.1, -0.05) is 30.3 Å².